The molecule has 2 atom stereocenters. The first kappa shape index (κ1) is 14.3. The number of hydrogen-bond acceptors (Lipinski definition) is 6. The molecule has 1 aromatic heterocycles. The molecule has 0 radical (unpaired) electrons. The van der Waals surface area contributed by atoms with Gasteiger partial charge in [0, 0.05) is 6.07 Å². The third kappa shape index (κ3) is 3.64. The van der Waals surface area contributed by atoms with Gasteiger partial charge in [0.05, 0.1) is 36.7 Å². The molecule has 4 N–H and O–H groups in total. The standard InChI is InChI=1S/C11H15FN2O4/c1-2-18-9(16)4-8(15)11(17)10-7(13)3-6(12)5-14-10/h3,5,8,11,15,17H,2,4,13H2,1H3. The van der Waals surface area contributed by atoms with Crippen LogP contribution in [-0.4, -0.2) is 33.9 Å². The van der Waals surface area contributed by atoms with E-state index in [0.717, 1.165) is 12.3 Å². The number of aliphatic hydroxyl groups is 2. The van der Waals surface area contributed by atoms with Gasteiger partial charge < -0.3 is 20.7 Å². The van der Waals surface area contributed by atoms with Crippen LogP contribution in [0, 0.1) is 5.82 Å². The van der Waals surface area contributed by atoms with Crippen LogP contribution in [0.25, 0.3) is 0 Å². The summed E-state index contributed by atoms with van der Waals surface area (Å²) in [6, 6.07) is 0.975. The number of carbonyl (C=O) groups excluding carboxylic acids is 1. The van der Waals surface area contributed by atoms with Crippen LogP contribution >= 0.6 is 0 Å². The van der Waals surface area contributed by atoms with Crippen molar-refractivity contribution in [3.8, 4) is 0 Å². The topological polar surface area (TPSA) is 106 Å². The average molecular weight is 258 g/mol. The van der Waals surface area contributed by atoms with Crippen molar-refractivity contribution in [2.45, 2.75) is 25.6 Å². The van der Waals surface area contributed by atoms with Gasteiger partial charge in [-0.05, 0) is 6.92 Å². The molecule has 18 heavy (non-hydrogen) atoms. The summed E-state index contributed by atoms with van der Waals surface area (Å²) >= 11 is 0. The van der Waals surface area contributed by atoms with Gasteiger partial charge in [-0.3, -0.25) is 9.78 Å². The van der Waals surface area contributed by atoms with Crippen molar-refractivity contribution in [3.05, 3.63) is 23.8 Å². The number of rotatable bonds is 5. The van der Waals surface area contributed by atoms with Crippen LogP contribution in [0.3, 0.4) is 0 Å². The van der Waals surface area contributed by atoms with E-state index < -0.39 is 30.4 Å². The second kappa shape index (κ2) is 6.27. The van der Waals surface area contributed by atoms with Crippen molar-refractivity contribution in [1.29, 1.82) is 0 Å². The lowest BCUT2D eigenvalue weighted by Crippen LogP contribution is -2.24. The molecule has 7 heteroatoms. The van der Waals surface area contributed by atoms with Crippen LogP contribution in [0.5, 0.6) is 0 Å². The fourth-order valence-electron chi connectivity index (χ4n) is 1.40. The van der Waals surface area contributed by atoms with Gasteiger partial charge in [-0.2, -0.15) is 0 Å². The van der Waals surface area contributed by atoms with E-state index >= 15 is 0 Å². The third-order valence-electron chi connectivity index (χ3n) is 2.24. The molecule has 6 nitrogen and oxygen atoms in total. The lowest BCUT2D eigenvalue weighted by Gasteiger charge is -2.17. The van der Waals surface area contributed by atoms with Gasteiger partial charge in [0.15, 0.2) is 0 Å². The molecule has 1 heterocycles. The Hall–Kier alpha value is -1.73. The number of aliphatic hydroxyl groups excluding tert-OH is 2. The molecule has 100 valence electrons. The Labute approximate surface area is 103 Å². The van der Waals surface area contributed by atoms with Crippen molar-refractivity contribution in [2.75, 3.05) is 12.3 Å². The number of pyridine rings is 1. The maximum atomic E-state index is 12.8. The van der Waals surface area contributed by atoms with Gasteiger partial charge >= 0.3 is 5.97 Å². The molecule has 1 rings (SSSR count). The van der Waals surface area contributed by atoms with Crippen molar-refractivity contribution >= 4 is 11.7 Å². The lowest BCUT2D eigenvalue weighted by molar-refractivity contribution is -0.147. The summed E-state index contributed by atoms with van der Waals surface area (Å²) in [6.45, 7) is 1.80. The first-order valence-corrected chi connectivity index (χ1v) is 5.38. The quantitative estimate of drug-likeness (QED) is 0.649. The molecule has 1 aromatic rings. The minimum atomic E-state index is -1.48. The first-order chi connectivity index (χ1) is 8.45. The number of nitrogen functional groups attached to an aromatic ring is 1. The minimum Gasteiger partial charge on any atom is -0.466 e. The highest BCUT2D eigenvalue weighted by molar-refractivity contribution is 5.70. The summed E-state index contributed by atoms with van der Waals surface area (Å²) in [4.78, 5) is 14.7. The first-order valence-electron chi connectivity index (χ1n) is 5.38. The monoisotopic (exact) mass is 258 g/mol. The van der Waals surface area contributed by atoms with Crippen molar-refractivity contribution in [2.24, 2.45) is 0 Å². The zero-order valence-corrected chi connectivity index (χ0v) is 9.84. The molecule has 0 aliphatic heterocycles. The maximum Gasteiger partial charge on any atom is 0.308 e. The fourth-order valence-corrected chi connectivity index (χ4v) is 1.40. The molecule has 2 unspecified atom stereocenters. The molecule has 0 aromatic carbocycles. The number of nitrogens with zero attached hydrogens (tertiary/aromatic N) is 1. The molecule has 0 spiro atoms. The van der Waals surface area contributed by atoms with Crippen molar-refractivity contribution < 1.29 is 24.1 Å². The zero-order chi connectivity index (χ0) is 13.7. The van der Waals surface area contributed by atoms with E-state index in [9.17, 15) is 19.4 Å². The summed E-state index contributed by atoms with van der Waals surface area (Å²) in [5, 5.41) is 19.4. The van der Waals surface area contributed by atoms with E-state index in [1.807, 2.05) is 0 Å². The molecule has 0 bridgehead atoms. The number of halogens is 1. The minimum absolute atomic E-state index is 0.0757. The average Bonchev–Trinajstić information content (AvgIpc) is 2.28. The van der Waals surface area contributed by atoms with E-state index in [1.165, 1.54) is 0 Å². The smallest absolute Gasteiger partial charge is 0.308 e. The highest BCUT2D eigenvalue weighted by atomic mass is 19.1. The Morgan fingerprint density at radius 1 is 1.61 bits per heavy atom. The molecular weight excluding hydrogens is 243 g/mol. The van der Waals surface area contributed by atoms with Crippen LogP contribution < -0.4 is 5.73 Å². The normalized spacial score (nSPS) is 14.0. The Bertz CT molecular complexity index is 428. The van der Waals surface area contributed by atoms with E-state index in [-0.39, 0.29) is 18.0 Å². The largest absolute Gasteiger partial charge is 0.466 e. The summed E-state index contributed by atoms with van der Waals surface area (Å²) < 4.78 is 17.4. The second-order valence-electron chi connectivity index (χ2n) is 3.65. The van der Waals surface area contributed by atoms with Gasteiger partial charge in [0.2, 0.25) is 0 Å². The number of carbonyl (C=O) groups is 1. The predicted octanol–water partition coefficient (Wildman–Crippen LogP) is 0.150. The number of aromatic nitrogens is 1. The number of hydrogen-bond donors (Lipinski definition) is 3. The lowest BCUT2D eigenvalue weighted by atomic mass is 10.1. The predicted molar refractivity (Wildman–Crippen MR) is 60.8 cm³/mol. The number of anilines is 1. The Kier molecular flexibility index (Phi) is 4.99. The van der Waals surface area contributed by atoms with Crippen LogP contribution in [0.1, 0.15) is 25.1 Å². The third-order valence-corrected chi connectivity index (χ3v) is 2.24. The Morgan fingerprint density at radius 2 is 2.28 bits per heavy atom. The maximum absolute atomic E-state index is 12.8. The SMILES string of the molecule is CCOC(=O)CC(O)C(O)c1ncc(F)cc1N. The molecule has 0 saturated heterocycles. The molecule has 0 fully saturated rings. The Morgan fingerprint density at radius 3 is 2.83 bits per heavy atom. The van der Waals surface area contributed by atoms with Crippen LogP contribution in [0.2, 0.25) is 0 Å². The second-order valence-corrected chi connectivity index (χ2v) is 3.65. The number of ether oxygens (including phenoxy) is 1. The zero-order valence-electron chi connectivity index (χ0n) is 9.84. The molecule has 0 aliphatic rings. The van der Waals surface area contributed by atoms with Crippen LogP contribution in [0.15, 0.2) is 12.3 Å². The van der Waals surface area contributed by atoms with Gasteiger partial charge in [0.1, 0.15) is 11.9 Å². The summed E-state index contributed by atoms with van der Waals surface area (Å²) in [6.07, 6.45) is -2.42. The van der Waals surface area contributed by atoms with E-state index in [1.54, 1.807) is 6.92 Å². The van der Waals surface area contributed by atoms with Gasteiger partial charge in [-0.1, -0.05) is 0 Å². The van der Waals surface area contributed by atoms with E-state index in [4.69, 9.17) is 5.73 Å². The number of nitrogens with two attached hydrogens (primary N) is 1. The molecule has 0 saturated carbocycles. The van der Waals surface area contributed by atoms with E-state index in [2.05, 4.69) is 9.72 Å². The fraction of sp³-hybridized carbons (Fsp3) is 0.455. The van der Waals surface area contributed by atoms with Crippen molar-refractivity contribution in [3.63, 3.8) is 0 Å². The molecule has 0 aliphatic carbocycles. The highest BCUT2D eigenvalue weighted by Crippen LogP contribution is 2.23. The molecular formula is C11H15FN2O4. The van der Waals surface area contributed by atoms with Gasteiger partial charge in [-0.15, -0.1) is 0 Å². The van der Waals surface area contributed by atoms with E-state index in [0.29, 0.717) is 0 Å². The summed E-state index contributed by atoms with van der Waals surface area (Å²) in [5.41, 5.74) is 5.29. The van der Waals surface area contributed by atoms with Crippen molar-refractivity contribution in [1.82, 2.24) is 4.98 Å². The van der Waals surface area contributed by atoms with Crippen LogP contribution in [-0.2, 0) is 9.53 Å². The number of esters is 1. The Balaban J connectivity index is 2.73. The summed E-state index contributed by atoms with van der Waals surface area (Å²) in [5.74, 6) is -1.30. The van der Waals surface area contributed by atoms with Gasteiger partial charge in [-0.25, -0.2) is 4.39 Å². The van der Waals surface area contributed by atoms with Gasteiger partial charge in [0.25, 0.3) is 0 Å². The highest BCUT2D eigenvalue weighted by Gasteiger charge is 2.25. The molecule has 0 amide bonds. The summed E-state index contributed by atoms with van der Waals surface area (Å²) in [7, 11) is 0. The van der Waals surface area contributed by atoms with Crippen LogP contribution in [0.4, 0.5) is 10.1 Å².